The summed E-state index contributed by atoms with van der Waals surface area (Å²) in [5, 5.41) is 0. The van der Waals surface area contributed by atoms with Crippen LogP contribution in [0.5, 0.6) is 0 Å². The van der Waals surface area contributed by atoms with E-state index >= 15 is 0 Å². The van der Waals surface area contributed by atoms with E-state index in [1.165, 1.54) is 5.57 Å². The first-order valence-corrected chi connectivity index (χ1v) is 17.3. The van der Waals surface area contributed by atoms with Crippen LogP contribution in [0.15, 0.2) is 111 Å². The van der Waals surface area contributed by atoms with Gasteiger partial charge >= 0.3 is 0 Å². The third-order valence-electron chi connectivity index (χ3n) is 12.4. The zero-order valence-corrected chi connectivity index (χ0v) is 30.5. The van der Waals surface area contributed by atoms with Gasteiger partial charge in [-0.2, -0.15) is 0 Å². The van der Waals surface area contributed by atoms with Crippen molar-refractivity contribution in [1.29, 1.82) is 0 Å². The molecule has 0 saturated carbocycles. The lowest BCUT2D eigenvalue weighted by Gasteiger charge is -2.52. The van der Waals surface area contributed by atoms with Gasteiger partial charge in [0.25, 0.3) is 0 Å². The number of rotatable bonds is 1. The van der Waals surface area contributed by atoms with Gasteiger partial charge in [0.2, 0.25) is 11.4 Å². The van der Waals surface area contributed by atoms with Crippen molar-refractivity contribution in [3.8, 4) is 0 Å². The predicted octanol–water partition coefficient (Wildman–Crippen LogP) is 8.53. The number of Topliss-reactive ketones (excluding diaryl/α,β-unsaturated/α-hetero) is 2. The summed E-state index contributed by atoms with van der Waals surface area (Å²) >= 11 is 0. The summed E-state index contributed by atoms with van der Waals surface area (Å²) in [6, 6.07) is 10.1. The smallest absolute Gasteiger partial charge is 0.226 e. The average Bonchev–Trinajstić information content (AvgIpc) is 3.09. The van der Waals surface area contributed by atoms with Crippen molar-refractivity contribution in [1.82, 2.24) is 9.80 Å². The number of amidine groups is 2. The average molecular weight is 667 g/mol. The molecule has 0 spiro atoms. The zero-order chi connectivity index (χ0) is 36.5. The Morgan fingerprint density at radius 1 is 0.820 bits per heavy atom. The molecule has 0 amide bonds. The van der Waals surface area contributed by atoms with E-state index in [-0.39, 0.29) is 40.7 Å². The van der Waals surface area contributed by atoms with Crippen molar-refractivity contribution in [2.45, 2.75) is 67.2 Å². The van der Waals surface area contributed by atoms with E-state index in [1.807, 2.05) is 89.2 Å². The molecule has 4 aliphatic carbocycles. The van der Waals surface area contributed by atoms with Gasteiger partial charge in [-0.05, 0) is 55.6 Å². The largest absolute Gasteiger partial charge is 0.333 e. The number of nitrogens with zero attached hydrogens (tertiary/aromatic N) is 6. The van der Waals surface area contributed by atoms with Crippen molar-refractivity contribution in [3.05, 3.63) is 129 Å². The van der Waals surface area contributed by atoms with Crippen LogP contribution < -0.4 is 0 Å². The maximum absolute atomic E-state index is 12.7. The van der Waals surface area contributed by atoms with Crippen molar-refractivity contribution in [2.24, 2.45) is 44.0 Å². The molecule has 5 atom stereocenters. The van der Waals surface area contributed by atoms with Crippen LogP contribution >= 0.6 is 0 Å². The summed E-state index contributed by atoms with van der Waals surface area (Å²) in [7, 11) is 3.98. The van der Waals surface area contributed by atoms with Gasteiger partial charge in [0.1, 0.15) is 11.7 Å². The van der Waals surface area contributed by atoms with Crippen LogP contribution in [0.3, 0.4) is 0 Å². The molecule has 7 rings (SSSR count). The van der Waals surface area contributed by atoms with Crippen LogP contribution in [0.4, 0.5) is 0 Å². The minimum Gasteiger partial charge on any atom is -0.333 e. The number of aliphatic imine (C=N–C) groups is 2. The highest BCUT2D eigenvalue weighted by molar-refractivity contribution is 6.03. The molecule has 1 aromatic rings. The van der Waals surface area contributed by atoms with Crippen LogP contribution in [0.25, 0.3) is 9.69 Å². The predicted molar refractivity (Wildman–Crippen MR) is 198 cm³/mol. The van der Waals surface area contributed by atoms with Gasteiger partial charge in [-0.15, -0.1) is 0 Å². The maximum Gasteiger partial charge on any atom is 0.226 e. The topological polar surface area (TPSA) is 74.1 Å². The molecular formula is C42H46N6O2. The molecule has 8 heteroatoms. The summed E-state index contributed by atoms with van der Waals surface area (Å²) in [6.07, 6.45) is 7.30. The number of carbonyl (C=O) groups is 2. The van der Waals surface area contributed by atoms with E-state index in [9.17, 15) is 9.59 Å². The minimum absolute atomic E-state index is 0.0319. The molecule has 0 fully saturated rings. The molecule has 1 aromatic carbocycles. The molecule has 0 radical (unpaired) electrons. The third-order valence-corrected chi connectivity index (χ3v) is 12.4. The van der Waals surface area contributed by atoms with Crippen LogP contribution in [0, 0.1) is 47.1 Å². The van der Waals surface area contributed by atoms with Gasteiger partial charge in [0.05, 0.1) is 24.5 Å². The molecule has 8 nitrogen and oxygen atoms in total. The van der Waals surface area contributed by atoms with Crippen molar-refractivity contribution < 1.29 is 9.59 Å². The number of ketones is 2. The number of carbonyl (C=O) groups excluding carboxylic acids is 2. The number of likely N-dealkylation sites (N-methyl/N-ethyl adjacent to an activating group) is 2. The molecule has 0 aromatic heterocycles. The fraction of sp³-hybridized carbons (Fsp3) is 0.429. The van der Waals surface area contributed by atoms with Crippen molar-refractivity contribution >= 4 is 23.2 Å². The Morgan fingerprint density at radius 2 is 1.38 bits per heavy atom. The fourth-order valence-electron chi connectivity index (χ4n) is 9.35. The van der Waals surface area contributed by atoms with E-state index < -0.39 is 16.2 Å². The van der Waals surface area contributed by atoms with E-state index in [4.69, 9.17) is 23.1 Å². The molecule has 2 aliphatic heterocycles. The second-order valence-corrected chi connectivity index (χ2v) is 15.4. The Labute approximate surface area is 296 Å². The Hall–Kier alpha value is -5.08. The van der Waals surface area contributed by atoms with Crippen molar-refractivity contribution in [2.75, 3.05) is 14.1 Å². The summed E-state index contributed by atoms with van der Waals surface area (Å²) in [6.45, 7) is 35.5. The Balaban J connectivity index is 0.000000175. The molecule has 50 heavy (non-hydrogen) atoms. The van der Waals surface area contributed by atoms with Crippen LogP contribution in [-0.2, 0) is 9.59 Å². The SMILES string of the molecule is [C-]#[N+]C1=C[C@]2(C)C3=C(CC[C@H]2C(C)(C)C1=O)C(=C)N(C)C(C)=N3.[C-]#[N+]C1=C[C@]2(C)C3=C(CC[C@H]2[C@H](C)C1=O)C(=C)N(C)C(c1ccccc1)=N3. The van der Waals surface area contributed by atoms with Crippen LogP contribution in [0.2, 0.25) is 0 Å². The first kappa shape index (κ1) is 34.8. The summed E-state index contributed by atoms with van der Waals surface area (Å²) in [4.78, 5) is 46.3. The summed E-state index contributed by atoms with van der Waals surface area (Å²) in [5.41, 5.74) is 6.40. The third kappa shape index (κ3) is 4.99. The van der Waals surface area contributed by atoms with Crippen LogP contribution in [0.1, 0.15) is 72.8 Å². The molecular weight excluding hydrogens is 621 g/mol. The molecule has 2 heterocycles. The zero-order valence-electron chi connectivity index (χ0n) is 30.5. The number of fused-ring (bicyclic) bond motifs is 4. The second kappa shape index (κ2) is 12.1. The molecule has 0 N–H and O–H groups in total. The molecule has 0 saturated heterocycles. The van der Waals surface area contributed by atoms with Gasteiger partial charge in [0.15, 0.2) is 11.6 Å². The highest BCUT2D eigenvalue weighted by Crippen LogP contribution is 2.59. The number of hydrogen-bond acceptors (Lipinski definition) is 6. The Bertz CT molecular complexity index is 2030. The first-order chi connectivity index (χ1) is 23.5. The number of hydrogen-bond donors (Lipinski definition) is 0. The van der Waals surface area contributed by atoms with Crippen LogP contribution in [-0.4, -0.2) is 47.1 Å². The monoisotopic (exact) mass is 666 g/mol. The van der Waals surface area contributed by atoms with Gasteiger partial charge < -0.3 is 19.4 Å². The highest BCUT2D eigenvalue weighted by Gasteiger charge is 2.55. The fourth-order valence-corrected chi connectivity index (χ4v) is 9.35. The van der Waals surface area contributed by atoms with Gasteiger partial charge in [-0.25, -0.2) is 19.7 Å². The van der Waals surface area contributed by atoms with E-state index in [2.05, 4.69) is 41.6 Å². The number of allylic oxidation sites excluding steroid dienone is 6. The quantitative estimate of drug-likeness (QED) is 0.282. The van der Waals surface area contributed by atoms with E-state index in [0.29, 0.717) is 0 Å². The van der Waals surface area contributed by atoms with Gasteiger partial charge in [-0.1, -0.05) is 90.3 Å². The number of benzene rings is 1. The molecule has 0 unspecified atom stereocenters. The molecule has 6 aliphatic rings. The Kier molecular flexibility index (Phi) is 8.38. The lowest BCUT2D eigenvalue weighted by molar-refractivity contribution is -0.129. The minimum atomic E-state index is -0.546. The summed E-state index contributed by atoms with van der Waals surface area (Å²) in [5.74, 6) is 1.85. The van der Waals surface area contributed by atoms with E-state index in [1.54, 1.807) is 0 Å². The summed E-state index contributed by atoms with van der Waals surface area (Å²) < 4.78 is 0. The normalized spacial score (nSPS) is 31.4. The first-order valence-electron chi connectivity index (χ1n) is 17.3. The second-order valence-electron chi connectivity index (χ2n) is 15.4. The lowest BCUT2D eigenvalue weighted by atomic mass is 9.53. The highest BCUT2D eigenvalue weighted by atomic mass is 16.1. The van der Waals surface area contributed by atoms with Gasteiger partial charge in [0, 0.05) is 53.2 Å². The maximum atomic E-state index is 12.7. The molecule has 256 valence electrons. The van der Waals surface area contributed by atoms with E-state index in [0.717, 1.165) is 71.3 Å². The van der Waals surface area contributed by atoms with Crippen molar-refractivity contribution in [3.63, 3.8) is 0 Å². The standard InChI is InChI=1S/C23H23N3O.C19H23N3O/c1-14-18-12-11-17-15(2)26(5)22(16-9-7-6-8-10-16)25-21(17)23(18,3)13-19(24-4)20(14)27;1-11-13-8-9-15-18(3,4)17(23)14(20-6)10-19(15,5)16(13)21-12(2)22(11)7/h6-10,13-14,18H,2,11-12H2,1,3,5H3;10,15H,1,8-9H2,2-5,7H3/t14-,18-,23-;15-,19-/m00/s1. The Morgan fingerprint density at radius 3 is 2.00 bits per heavy atom. The lowest BCUT2D eigenvalue weighted by Crippen LogP contribution is -2.50. The molecule has 0 bridgehead atoms. The van der Waals surface area contributed by atoms with Gasteiger partial charge in [-0.3, -0.25) is 0 Å².